The minimum atomic E-state index is -0.0963. The van der Waals surface area contributed by atoms with Crippen molar-refractivity contribution in [3.05, 3.63) is 66.0 Å². The number of allylic oxidation sites excluding steroid dienone is 2. The van der Waals surface area contributed by atoms with E-state index in [9.17, 15) is 9.90 Å². The Balaban J connectivity index is 2.12. The van der Waals surface area contributed by atoms with E-state index in [0.29, 0.717) is 17.1 Å². The van der Waals surface area contributed by atoms with Gasteiger partial charge in [-0.15, -0.1) is 0 Å². The molecule has 1 aromatic carbocycles. The molecule has 4 heteroatoms. The number of hydrogen-bond donors (Lipinski definition) is 2. The first-order valence-corrected chi connectivity index (χ1v) is 5.85. The number of hydrogen-bond acceptors (Lipinski definition) is 4. The number of nitrogens with one attached hydrogen (secondary N) is 1. The van der Waals surface area contributed by atoms with Crippen LogP contribution in [-0.4, -0.2) is 15.9 Å². The topological polar surface area (TPSA) is 62.2 Å². The number of aromatic hydroxyl groups is 1. The Kier molecular flexibility index (Phi) is 3.93. The molecule has 2 aromatic rings. The van der Waals surface area contributed by atoms with E-state index in [2.05, 4.69) is 10.3 Å². The molecule has 96 valence electrons. The highest BCUT2D eigenvalue weighted by molar-refractivity contribution is 6.05. The average Bonchev–Trinajstić information content (AvgIpc) is 2.42. The molecule has 0 saturated heterocycles. The molecule has 0 saturated carbocycles. The highest BCUT2D eigenvalue weighted by Gasteiger charge is 2.04. The lowest BCUT2D eigenvalue weighted by Crippen LogP contribution is -2.02. The van der Waals surface area contributed by atoms with Crippen LogP contribution in [0.2, 0.25) is 0 Å². The fourth-order valence-corrected chi connectivity index (χ4v) is 1.60. The molecule has 0 atom stereocenters. The van der Waals surface area contributed by atoms with Gasteiger partial charge in [-0.3, -0.25) is 4.79 Å². The van der Waals surface area contributed by atoms with Crippen molar-refractivity contribution in [2.75, 3.05) is 5.32 Å². The van der Waals surface area contributed by atoms with Crippen molar-refractivity contribution in [3.8, 4) is 5.75 Å². The number of aromatic nitrogens is 1. The third-order valence-electron chi connectivity index (χ3n) is 2.51. The second-order valence-electron chi connectivity index (χ2n) is 4.05. The van der Waals surface area contributed by atoms with Crippen molar-refractivity contribution in [2.24, 2.45) is 0 Å². The number of anilines is 1. The second kappa shape index (κ2) is 5.82. The standard InChI is InChI=1S/C15H14N2O2/c1-11(17-15-13(18)8-5-9-16-15)10-14(19)12-6-3-2-4-7-12/h2-10,18H,1H3,(H,16,17)/b11-10-. The van der Waals surface area contributed by atoms with E-state index in [4.69, 9.17) is 0 Å². The van der Waals surface area contributed by atoms with E-state index < -0.39 is 0 Å². The summed E-state index contributed by atoms with van der Waals surface area (Å²) in [4.78, 5) is 15.9. The number of benzene rings is 1. The van der Waals surface area contributed by atoms with Crippen molar-refractivity contribution in [3.63, 3.8) is 0 Å². The van der Waals surface area contributed by atoms with Gasteiger partial charge in [-0.05, 0) is 19.1 Å². The van der Waals surface area contributed by atoms with Gasteiger partial charge in [0.15, 0.2) is 17.4 Å². The van der Waals surface area contributed by atoms with Crippen LogP contribution in [0.3, 0.4) is 0 Å². The Hall–Kier alpha value is -2.62. The number of rotatable bonds is 4. The molecule has 2 N–H and O–H groups in total. The summed E-state index contributed by atoms with van der Waals surface area (Å²) in [6, 6.07) is 12.2. The van der Waals surface area contributed by atoms with Crippen LogP contribution < -0.4 is 5.32 Å². The molecule has 0 unspecified atom stereocenters. The van der Waals surface area contributed by atoms with Gasteiger partial charge in [-0.1, -0.05) is 30.3 Å². The normalized spacial score (nSPS) is 11.1. The molecule has 4 nitrogen and oxygen atoms in total. The fraction of sp³-hybridized carbons (Fsp3) is 0.0667. The van der Waals surface area contributed by atoms with E-state index in [1.165, 1.54) is 12.1 Å². The SMILES string of the molecule is C/C(=C/C(=O)c1ccccc1)Nc1ncccc1O. The summed E-state index contributed by atoms with van der Waals surface area (Å²) >= 11 is 0. The van der Waals surface area contributed by atoms with Gasteiger partial charge in [0.2, 0.25) is 0 Å². The Bertz CT molecular complexity index is 607. The molecule has 1 heterocycles. The van der Waals surface area contributed by atoms with Crippen molar-refractivity contribution in [1.29, 1.82) is 0 Å². The fourth-order valence-electron chi connectivity index (χ4n) is 1.60. The van der Waals surface area contributed by atoms with Crippen LogP contribution in [0.25, 0.3) is 0 Å². The molecule has 0 aliphatic heterocycles. The summed E-state index contributed by atoms with van der Waals surface area (Å²) in [6.07, 6.45) is 3.04. The van der Waals surface area contributed by atoms with E-state index in [-0.39, 0.29) is 11.5 Å². The van der Waals surface area contributed by atoms with Gasteiger partial charge in [0.25, 0.3) is 0 Å². The van der Waals surface area contributed by atoms with Gasteiger partial charge < -0.3 is 10.4 Å². The number of ketones is 1. The monoisotopic (exact) mass is 254 g/mol. The first-order valence-electron chi connectivity index (χ1n) is 5.85. The molecule has 0 fully saturated rings. The second-order valence-corrected chi connectivity index (χ2v) is 4.05. The van der Waals surface area contributed by atoms with E-state index in [1.807, 2.05) is 18.2 Å². The molecule has 0 radical (unpaired) electrons. The van der Waals surface area contributed by atoms with Gasteiger partial charge in [0.1, 0.15) is 0 Å². The van der Waals surface area contributed by atoms with Crippen LogP contribution in [0.5, 0.6) is 5.75 Å². The Morgan fingerprint density at radius 2 is 1.95 bits per heavy atom. The number of carbonyl (C=O) groups excluding carboxylic acids is 1. The van der Waals surface area contributed by atoms with Gasteiger partial charge >= 0.3 is 0 Å². The lowest BCUT2D eigenvalue weighted by atomic mass is 10.1. The van der Waals surface area contributed by atoms with Crippen molar-refractivity contribution < 1.29 is 9.90 Å². The van der Waals surface area contributed by atoms with Crippen LogP contribution in [0.15, 0.2) is 60.4 Å². The molecule has 0 amide bonds. The Morgan fingerprint density at radius 3 is 2.63 bits per heavy atom. The first-order chi connectivity index (χ1) is 9.16. The lowest BCUT2D eigenvalue weighted by Gasteiger charge is -2.06. The maximum absolute atomic E-state index is 11.9. The zero-order chi connectivity index (χ0) is 13.7. The summed E-state index contributed by atoms with van der Waals surface area (Å²) in [5.74, 6) is 0.278. The van der Waals surface area contributed by atoms with E-state index >= 15 is 0 Å². The minimum Gasteiger partial charge on any atom is -0.504 e. The van der Waals surface area contributed by atoms with Crippen LogP contribution in [-0.2, 0) is 0 Å². The lowest BCUT2D eigenvalue weighted by molar-refractivity contribution is 0.104. The molecular weight excluding hydrogens is 240 g/mol. The van der Waals surface area contributed by atoms with Crippen LogP contribution in [0.4, 0.5) is 5.82 Å². The highest BCUT2D eigenvalue weighted by Crippen LogP contribution is 2.19. The first kappa shape index (κ1) is 12.8. The van der Waals surface area contributed by atoms with Gasteiger partial charge in [-0.2, -0.15) is 0 Å². The van der Waals surface area contributed by atoms with Crippen LogP contribution in [0.1, 0.15) is 17.3 Å². The zero-order valence-electron chi connectivity index (χ0n) is 10.5. The minimum absolute atomic E-state index is 0.0439. The average molecular weight is 254 g/mol. The Labute approximate surface area is 111 Å². The van der Waals surface area contributed by atoms with Crippen molar-refractivity contribution in [2.45, 2.75) is 6.92 Å². The molecule has 19 heavy (non-hydrogen) atoms. The van der Waals surface area contributed by atoms with Crippen molar-refractivity contribution >= 4 is 11.6 Å². The third-order valence-corrected chi connectivity index (χ3v) is 2.51. The van der Waals surface area contributed by atoms with Gasteiger partial charge in [0, 0.05) is 23.5 Å². The predicted molar refractivity (Wildman–Crippen MR) is 74.1 cm³/mol. The summed E-state index contributed by atoms with van der Waals surface area (Å²) in [6.45, 7) is 1.74. The quantitative estimate of drug-likeness (QED) is 0.650. The molecule has 2 rings (SSSR count). The van der Waals surface area contributed by atoms with Gasteiger partial charge in [-0.25, -0.2) is 4.98 Å². The number of pyridine rings is 1. The predicted octanol–water partition coefficient (Wildman–Crippen LogP) is 2.99. The summed E-state index contributed by atoms with van der Waals surface area (Å²) in [5.41, 5.74) is 1.23. The molecule has 0 aliphatic rings. The van der Waals surface area contributed by atoms with E-state index in [0.717, 1.165) is 0 Å². The maximum Gasteiger partial charge on any atom is 0.187 e. The number of carbonyl (C=O) groups is 1. The van der Waals surface area contributed by atoms with Crippen LogP contribution in [0, 0.1) is 0 Å². The van der Waals surface area contributed by atoms with Crippen LogP contribution >= 0.6 is 0 Å². The molecule has 0 bridgehead atoms. The Morgan fingerprint density at radius 1 is 1.21 bits per heavy atom. The maximum atomic E-state index is 11.9. The third kappa shape index (κ3) is 3.42. The molecule has 0 spiro atoms. The zero-order valence-corrected chi connectivity index (χ0v) is 10.5. The highest BCUT2D eigenvalue weighted by atomic mass is 16.3. The summed E-state index contributed by atoms with van der Waals surface area (Å²) in [7, 11) is 0. The summed E-state index contributed by atoms with van der Waals surface area (Å²) < 4.78 is 0. The summed E-state index contributed by atoms with van der Waals surface area (Å²) in [5, 5.41) is 12.5. The van der Waals surface area contributed by atoms with Gasteiger partial charge in [0.05, 0.1) is 0 Å². The number of nitrogens with zero attached hydrogens (tertiary/aromatic N) is 1. The molecular formula is C15H14N2O2. The smallest absolute Gasteiger partial charge is 0.187 e. The van der Waals surface area contributed by atoms with Crippen molar-refractivity contribution in [1.82, 2.24) is 4.98 Å². The van der Waals surface area contributed by atoms with E-state index in [1.54, 1.807) is 31.3 Å². The molecule has 1 aromatic heterocycles. The molecule has 0 aliphatic carbocycles. The largest absolute Gasteiger partial charge is 0.504 e.